The molecule has 1 aromatic heterocycles. The lowest BCUT2D eigenvalue weighted by Gasteiger charge is -2.32. The second-order valence-corrected chi connectivity index (χ2v) is 5.13. The quantitative estimate of drug-likeness (QED) is 0.836. The highest BCUT2D eigenvalue weighted by atomic mass is 15.1. The maximum atomic E-state index is 4.41. The molecule has 1 fully saturated rings. The Morgan fingerprint density at radius 2 is 2.11 bits per heavy atom. The van der Waals surface area contributed by atoms with Crippen molar-refractivity contribution in [3.05, 3.63) is 18.2 Å². The molecule has 1 saturated heterocycles. The highest BCUT2D eigenvalue weighted by molar-refractivity contribution is 4.92. The van der Waals surface area contributed by atoms with E-state index in [9.17, 15) is 0 Å². The molecule has 102 valence electrons. The third-order valence-electron chi connectivity index (χ3n) is 3.82. The van der Waals surface area contributed by atoms with E-state index in [4.69, 9.17) is 0 Å². The van der Waals surface area contributed by atoms with Crippen LogP contribution in [0.1, 0.15) is 38.9 Å². The van der Waals surface area contributed by atoms with Crippen molar-refractivity contribution in [1.82, 2.24) is 19.8 Å². The van der Waals surface area contributed by atoms with Gasteiger partial charge in [0.25, 0.3) is 0 Å². The molecule has 0 aromatic carbocycles. The van der Waals surface area contributed by atoms with Gasteiger partial charge < -0.3 is 14.8 Å². The summed E-state index contributed by atoms with van der Waals surface area (Å²) in [5.41, 5.74) is 0. The highest BCUT2D eigenvalue weighted by Gasteiger charge is 2.18. The first kappa shape index (κ1) is 13.6. The van der Waals surface area contributed by atoms with Crippen molar-refractivity contribution in [3.63, 3.8) is 0 Å². The van der Waals surface area contributed by atoms with Gasteiger partial charge in [-0.15, -0.1) is 0 Å². The Bertz CT molecular complexity index is 339. The third-order valence-corrected chi connectivity index (χ3v) is 3.82. The molecule has 1 aromatic rings. The first-order chi connectivity index (χ1) is 8.83. The molecule has 0 radical (unpaired) electrons. The van der Waals surface area contributed by atoms with Crippen molar-refractivity contribution < 1.29 is 0 Å². The first-order valence-corrected chi connectivity index (χ1v) is 7.29. The van der Waals surface area contributed by atoms with Crippen LogP contribution in [0.25, 0.3) is 0 Å². The highest BCUT2D eigenvalue weighted by Crippen LogP contribution is 2.11. The average molecular weight is 250 g/mol. The fourth-order valence-electron chi connectivity index (χ4n) is 2.71. The smallest absolute Gasteiger partial charge is 0.122 e. The van der Waals surface area contributed by atoms with Gasteiger partial charge in [-0.05, 0) is 45.8 Å². The lowest BCUT2D eigenvalue weighted by atomic mass is 10.0. The van der Waals surface area contributed by atoms with Crippen molar-refractivity contribution in [3.8, 4) is 0 Å². The summed E-state index contributed by atoms with van der Waals surface area (Å²) in [7, 11) is 0. The predicted octanol–water partition coefficient (Wildman–Crippen LogP) is 1.87. The van der Waals surface area contributed by atoms with Crippen LogP contribution < -0.4 is 5.32 Å². The van der Waals surface area contributed by atoms with Crippen LogP contribution in [0.3, 0.4) is 0 Å². The molecule has 1 aliphatic heterocycles. The Balaban J connectivity index is 1.72. The van der Waals surface area contributed by atoms with Gasteiger partial charge in [-0.3, -0.25) is 0 Å². The molecule has 0 spiro atoms. The standard InChI is InChI=1S/C14H26N4/c1-3-8-17-9-5-13(6-10-17)16-12-14-15-7-11-18(14)4-2/h7,11,13,16H,3-6,8-10,12H2,1-2H3. The number of likely N-dealkylation sites (tertiary alicyclic amines) is 1. The fraction of sp³-hybridized carbons (Fsp3) is 0.786. The van der Waals surface area contributed by atoms with Gasteiger partial charge in [0.2, 0.25) is 0 Å². The van der Waals surface area contributed by atoms with E-state index in [1.54, 1.807) is 0 Å². The molecular formula is C14H26N4. The number of rotatable bonds is 6. The van der Waals surface area contributed by atoms with Crippen molar-refractivity contribution in [2.75, 3.05) is 19.6 Å². The number of aromatic nitrogens is 2. The Labute approximate surface area is 110 Å². The van der Waals surface area contributed by atoms with Gasteiger partial charge in [0, 0.05) is 25.0 Å². The van der Waals surface area contributed by atoms with Crippen LogP contribution in [0.2, 0.25) is 0 Å². The molecule has 1 N–H and O–H groups in total. The molecule has 0 saturated carbocycles. The molecule has 1 aliphatic rings. The van der Waals surface area contributed by atoms with Gasteiger partial charge >= 0.3 is 0 Å². The zero-order valence-corrected chi connectivity index (χ0v) is 11.7. The van der Waals surface area contributed by atoms with Crippen LogP contribution >= 0.6 is 0 Å². The number of imidazole rings is 1. The summed E-state index contributed by atoms with van der Waals surface area (Å²) in [4.78, 5) is 6.98. The minimum absolute atomic E-state index is 0.667. The molecule has 4 heteroatoms. The maximum absolute atomic E-state index is 4.41. The zero-order valence-electron chi connectivity index (χ0n) is 11.7. The molecule has 0 bridgehead atoms. The van der Waals surface area contributed by atoms with E-state index in [1.165, 1.54) is 38.9 Å². The Morgan fingerprint density at radius 3 is 2.78 bits per heavy atom. The second-order valence-electron chi connectivity index (χ2n) is 5.13. The monoisotopic (exact) mass is 250 g/mol. The van der Waals surface area contributed by atoms with E-state index in [0.717, 1.165) is 18.9 Å². The van der Waals surface area contributed by atoms with E-state index in [0.29, 0.717) is 6.04 Å². The number of nitrogens with zero attached hydrogens (tertiary/aromatic N) is 3. The van der Waals surface area contributed by atoms with Crippen LogP contribution in [0.5, 0.6) is 0 Å². The summed E-state index contributed by atoms with van der Waals surface area (Å²) in [6.07, 6.45) is 7.76. The molecule has 0 unspecified atom stereocenters. The molecule has 2 rings (SSSR count). The van der Waals surface area contributed by atoms with Crippen LogP contribution in [-0.4, -0.2) is 40.1 Å². The Kier molecular flexibility index (Phi) is 5.20. The van der Waals surface area contributed by atoms with Crippen molar-refractivity contribution >= 4 is 0 Å². The molecule has 0 amide bonds. The SMILES string of the molecule is CCCN1CCC(NCc2nccn2CC)CC1. The van der Waals surface area contributed by atoms with E-state index in [-0.39, 0.29) is 0 Å². The average Bonchev–Trinajstić information content (AvgIpc) is 2.86. The normalized spacial score (nSPS) is 18.3. The van der Waals surface area contributed by atoms with Gasteiger partial charge in [0.05, 0.1) is 6.54 Å². The van der Waals surface area contributed by atoms with Gasteiger partial charge in [-0.1, -0.05) is 6.92 Å². The van der Waals surface area contributed by atoms with Gasteiger partial charge in [0.15, 0.2) is 0 Å². The van der Waals surface area contributed by atoms with Crippen LogP contribution in [0.4, 0.5) is 0 Å². The lowest BCUT2D eigenvalue weighted by molar-refractivity contribution is 0.197. The Morgan fingerprint density at radius 1 is 1.33 bits per heavy atom. The molecule has 4 nitrogen and oxygen atoms in total. The number of nitrogens with one attached hydrogen (secondary N) is 1. The third kappa shape index (κ3) is 3.56. The number of piperidine rings is 1. The van der Waals surface area contributed by atoms with Gasteiger partial charge in [-0.25, -0.2) is 4.98 Å². The van der Waals surface area contributed by atoms with Gasteiger partial charge in [0.1, 0.15) is 5.82 Å². The van der Waals surface area contributed by atoms with Gasteiger partial charge in [-0.2, -0.15) is 0 Å². The number of hydrogen-bond donors (Lipinski definition) is 1. The molecule has 0 atom stereocenters. The summed E-state index contributed by atoms with van der Waals surface area (Å²) in [5.74, 6) is 1.16. The van der Waals surface area contributed by atoms with Crippen molar-refractivity contribution in [1.29, 1.82) is 0 Å². The zero-order chi connectivity index (χ0) is 12.8. The second kappa shape index (κ2) is 6.90. The number of hydrogen-bond acceptors (Lipinski definition) is 3. The maximum Gasteiger partial charge on any atom is 0.122 e. The fourth-order valence-corrected chi connectivity index (χ4v) is 2.71. The summed E-state index contributed by atoms with van der Waals surface area (Å²) < 4.78 is 2.21. The summed E-state index contributed by atoms with van der Waals surface area (Å²) in [5, 5.41) is 3.65. The Hall–Kier alpha value is -0.870. The van der Waals surface area contributed by atoms with Crippen molar-refractivity contribution in [2.45, 2.75) is 52.2 Å². The van der Waals surface area contributed by atoms with E-state index in [1.807, 2.05) is 6.20 Å². The van der Waals surface area contributed by atoms with E-state index in [2.05, 4.69) is 39.8 Å². The van der Waals surface area contributed by atoms with Crippen molar-refractivity contribution in [2.24, 2.45) is 0 Å². The van der Waals surface area contributed by atoms with Crippen LogP contribution in [0.15, 0.2) is 12.4 Å². The van der Waals surface area contributed by atoms with E-state index >= 15 is 0 Å². The molecule has 0 aliphatic carbocycles. The van der Waals surface area contributed by atoms with E-state index < -0.39 is 0 Å². The molecule has 2 heterocycles. The predicted molar refractivity (Wildman–Crippen MR) is 74.5 cm³/mol. The summed E-state index contributed by atoms with van der Waals surface area (Å²) >= 11 is 0. The summed E-state index contributed by atoms with van der Waals surface area (Å²) in [6, 6.07) is 0.667. The van der Waals surface area contributed by atoms with Crippen LogP contribution in [-0.2, 0) is 13.1 Å². The molecular weight excluding hydrogens is 224 g/mol. The topological polar surface area (TPSA) is 33.1 Å². The van der Waals surface area contributed by atoms with Crippen LogP contribution in [0, 0.1) is 0 Å². The summed E-state index contributed by atoms with van der Waals surface area (Å²) in [6.45, 7) is 10.1. The largest absolute Gasteiger partial charge is 0.334 e. The number of aryl methyl sites for hydroxylation is 1. The lowest BCUT2D eigenvalue weighted by Crippen LogP contribution is -2.42. The minimum atomic E-state index is 0.667. The minimum Gasteiger partial charge on any atom is -0.334 e. The first-order valence-electron chi connectivity index (χ1n) is 7.29. The molecule has 18 heavy (non-hydrogen) atoms.